The molecule has 0 aliphatic rings. The Balaban J connectivity index is 0.00000121. The zero-order valence-electron chi connectivity index (χ0n) is 6.41. The van der Waals surface area contributed by atoms with E-state index in [1.807, 2.05) is 6.92 Å². The SMILES string of the molecule is Cc1ccc(S(=O)(=O)Cl)cc1.[Pb]. The van der Waals surface area contributed by atoms with Gasteiger partial charge in [0.1, 0.15) is 0 Å². The number of hydrogen-bond donors (Lipinski definition) is 0. The van der Waals surface area contributed by atoms with Gasteiger partial charge < -0.3 is 0 Å². The van der Waals surface area contributed by atoms with E-state index in [4.69, 9.17) is 10.7 Å². The molecule has 0 unspecified atom stereocenters. The summed E-state index contributed by atoms with van der Waals surface area (Å²) in [5.41, 5.74) is 1.01. The van der Waals surface area contributed by atoms with Crippen molar-refractivity contribution in [1.82, 2.24) is 0 Å². The molecule has 4 radical (unpaired) electrons. The largest absolute Gasteiger partial charge is 0.261 e. The molecule has 1 aromatic carbocycles. The van der Waals surface area contributed by atoms with Crippen LogP contribution in [0.2, 0.25) is 0 Å². The summed E-state index contributed by atoms with van der Waals surface area (Å²) in [6.45, 7) is 1.88. The predicted molar refractivity (Wildman–Crippen MR) is 50.0 cm³/mol. The van der Waals surface area contributed by atoms with Crippen LogP contribution in [0.4, 0.5) is 0 Å². The van der Waals surface area contributed by atoms with Gasteiger partial charge >= 0.3 is 0 Å². The summed E-state index contributed by atoms with van der Waals surface area (Å²) in [6.07, 6.45) is 0. The van der Waals surface area contributed by atoms with Gasteiger partial charge in [0.25, 0.3) is 9.05 Å². The number of hydrogen-bond acceptors (Lipinski definition) is 2. The van der Waals surface area contributed by atoms with Crippen LogP contribution in [-0.4, -0.2) is 35.7 Å². The standard InChI is InChI=1S/C7H7ClO2S.Pb/c1-6-2-4-7(5-3-6)11(8,9)10;/h2-5H,1H3;. The average molecular weight is 398 g/mol. The topological polar surface area (TPSA) is 34.1 Å². The Morgan fingerprint density at radius 1 is 1.17 bits per heavy atom. The van der Waals surface area contributed by atoms with Crippen molar-refractivity contribution in [2.75, 3.05) is 0 Å². The number of benzene rings is 1. The van der Waals surface area contributed by atoms with E-state index in [1.165, 1.54) is 12.1 Å². The van der Waals surface area contributed by atoms with Gasteiger partial charge in [-0.1, -0.05) is 17.7 Å². The van der Waals surface area contributed by atoms with Crippen LogP contribution >= 0.6 is 10.7 Å². The molecular formula is C7H7ClO2PbS. The maximum Gasteiger partial charge on any atom is 0.261 e. The molecule has 0 heterocycles. The minimum Gasteiger partial charge on any atom is -0.207 e. The molecule has 0 saturated heterocycles. The van der Waals surface area contributed by atoms with Crippen molar-refractivity contribution in [1.29, 1.82) is 0 Å². The Labute approximate surface area is 96.5 Å². The predicted octanol–water partition coefficient (Wildman–Crippen LogP) is 1.54. The molecule has 1 rings (SSSR count). The smallest absolute Gasteiger partial charge is 0.207 e. The molecule has 64 valence electrons. The summed E-state index contributed by atoms with van der Waals surface area (Å²) >= 11 is 0. The van der Waals surface area contributed by atoms with Crippen LogP contribution in [-0.2, 0) is 9.05 Å². The summed E-state index contributed by atoms with van der Waals surface area (Å²) in [7, 11) is 1.54. The molecule has 1 aromatic rings. The Hall–Kier alpha value is 0.382. The first-order chi connectivity index (χ1) is 5.00. The van der Waals surface area contributed by atoms with Crippen molar-refractivity contribution >= 4 is 47.0 Å². The summed E-state index contributed by atoms with van der Waals surface area (Å²) in [5, 5.41) is 0. The molecular weight excluding hydrogens is 391 g/mol. The maximum atomic E-state index is 10.7. The van der Waals surface area contributed by atoms with Crippen molar-refractivity contribution in [3.05, 3.63) is 29.8 Å². The van der Waals surface area contributed by atoms with E-state index in [1.54, 1.807) is 12.1 Å². The molecule has 0 aliphatic heterocycles. The second-order valence-corrected chi connectivity index (χ2v) is 4.82. The van der Waals surface area contributed by atoms with Crippen LogP contribution in [0.5, 0.6) is 0 Å². The first-order valence-corrected chi connectivity index (χ1v) is 5.32. The van der Waals surface area contributed by atoms with Crippen LogP contribution in [0.25, 0.3) is 0 Å². The maximum absolute atomic E-state index is 10.7. The van der Waals surface area contributed by atoms with Crippen molar-refractivity contribution in [3.8, 4) is 0 Å². The molecule has 0 aliphatic carbocycles. The van der Waals surface area contributed by atoms with Crippen molar-refractivity contribution in [2.45, 2.75) is 11.8 Å². The van der Waals surface area contributed by atoms with Crippen LogP contribution in [0, 0.1) is 6.92 Å². The molecule has 0 atom stereocenters. The Morgan fingerprint density at radius 3 is 1.92 bits per heavy atom. The van der Waals surface area contributed by atoms with Gasteiger partial charge in [0.15, 0.2) is 0 Å². The van der Waals surface area contributed by atoms with Gasteiger partial charge in [0.2, 0.25) is 0 Å². The molecule has 0 bridgehead atoms. The normalized spacial score (nSPS) is 10.5. The van der Waals surface area contributed by atoms with E-state index in [9.17, 15) is 8.42 Å². The summed E-state index contributed by atoms with van der Waals surface area (Å²) in [5.74, 6) is 0. The van der Waals surface area contributed by atoms with Crippen molar-refractivity contribution < 1.29 is 8.42 Å². The number of aryl methyl sites for hydroxylation is 1. The van der Waals surface area contributed by atoms with Gasteiger partial charge in [-0.15, -0.1) is 0 Å². The van der Waals surface area contributed by atoms with Crippen LogP contribution in [0.1, 0.15) is 5.56 Å². The monoisotopic (exact) mass is 398 g/mol. The Kier molecular flexibility index (Phi) is 4.72. The minimum atomic E-state index is -3.55. The summed E-state index contributed by atoms with van der Waals surface area (Å²) in [4.78, 5) is 0.143. The quantitative estimate of drug-likeness (QED) is 0.532. The molecule has 0 spiro atoms. The Morgan fingerprint density at radius 2 is 1.58 bits per heavy atom. The third-order valence-electron chi connectivity index (χ3n) is 1.30. The third-order valence-corrected chi connectivity index (χ3v) is 2.67. The fourth-order valence-electron chi connectivity index (χ4n) is 0.701. The molecule has 0 saturated carbocycles. The van der Waals surface area contributed by atoms with E-state index in [0.717, 1.165) is 5.56 Å². The van der Waals surface area contributed by atoms with Crippen LogP contribution in [0.3, 0.4) is 0 Å². The zero-order chi connectivity index (χ0) is 8.48. The van der Waals surface area contributed by atoms with Crippen molar-refractivity contribution in [2.24, 2.45) is 0 Å². The summed E-state index contributed by atoms with van der Waals surface area (Å²) < 4.78 is 21.4. The molecule has 0 fully saturated rings. The first-order valence-electron chi connectivity index (χ1n) is 3.01. The van der Waals surface area contributed by atoms with E-state index < -0.39 is 9.05 Å². The van der Waals surface area contributed by atoms with Gasteiger partial charge in [-0.2, -0.15) is 0 Å². The fraction of sp³-hybridized carbons (Fsp3) is 0.143. The fourth-order valence-corrected chi connectivity index (χ4v) is 1.47. The van der Waals surface area contributed by atoms with E-state index in [-0.39, 0.29) is 32.2 Å². The third kappa shape index (κ3) is 3.41. The zero-order valence-corrected chi connectivity index (χ0v) is 11.9. The number of rotatable bonds is 1. The molecule has 0 aromatic heterocycles. The molecule has 0 amide bonds. The van der Waals surface area contributed by atoms with E-state index in [2.05, 4.69) is 0 Å². The molecule has 0 N–H and O–H groups in total. The van der Waals surface area contributed by atoms with E-state index >= 15 is 0 Å². The van der Waals surface area contributed by atoms with Crippen LogP contribution < -0.4 is 0 Å². The number of halogens is 1. The molecule has 2 nitrogen and oxygen atoms in total. The minimum absolute atomic E-state index is 0. The average Bonchev–Trinajstić information content (AvgIpc) is 1.86. The Bertz CT molecular complexity index is 344. The van der Waals surface area contributed by atoms with Gasteiger partial charge in [-0.3, -0.25) is 0 Å². The van der Waals surface area contributed by atoms with Gasteiger partial charge in [-0.25, -0.2) is 8.42 Å². The second-order valence-electron chi connectivity index (χ2n) is 2.25. The molecule has 12 heavy (non-hydrogen) atoms. The van der Waals surface area contributed by atoms with E-state index in [0.29, 0.717) is 0 Å². The van der Waals surface area contributed by atoms with Gasteiger partial charge in [-0.05, 0) is 19.1 Å². The van der Waals surface area contributed by atoms with Gasteiger partial charge in [0.05, 0.1) is 4.90 Å². The van der Waals surface area contributed by atoms with Crippen molar-refractivity contribution in [3.63, 3.8) is 0 Å². The molecule has 5 heteroatoms. The second kappa shape index (κ2) is 4.57. The van der Waals surface area contributed by atoms with Crippen LogP contribution in [0.15, 0.2) is 29.2 Å². The van der Waals surface area contributed by atoms with Gasteiger partial charge in [0, 0.05) is 38.0 Å². The summed E-state index contributed by atoms with van der Waals surface area (Å²) in [6, 6.07) is 6.37. The first kappa shape index (κ1) is 12.4.